The Balaban J connectivity index is 1.54. The van der Waals surface area contributed by atoms with Gasteiger partial charge < -0.3 is 19.7 Å². The van der Waals surface area contributed by atoms with Crippen molar-refractivity contribution in [2.24, 2.45) is 0 Å². The Kier molecular flexibility index (Phi) is 6.57. The molecule has 0 aliphatic carbocycles. The summed E-state index contributed by atoms with van der Waals surface area (Å²) in [5.74, 6) is 0. The predicted octanol–water partition coefficient (Wildman–Crippen LogP) is 1.64. The van der Waals surface area contributed by atoms with Crippen molar-refractivity contribution in [1.82, 2.24) is 10.2 Å². The quantitative estimate of drug-likeness (QED) is 0.680. The van der Waals surface area contributed by atoms with E-state index in [9.17, 15) is 0 Å². The van der Waals surface area contributed by atoms with Crippen LogP contribution in [0.25, 0.3) is 0 Å². The highest BCUT2D eigenvalue weighted by Crippen LogP contribution is 2.32. The molecule has 2 bridgehead atoms. The third kappa shape index (κ3) is 4.71. The second-order valence-corrected chi connectivity index (χ2v) is 5.99. The molecule has 2 heterocycles. The maximum Gasteiger partial charge on any atom is 0.0591 e. The second-order valence-electron chi connectivity index (χ2n) is 5.99. The van der Waals surface area contributed by atoms with Crippen molar-refractivity contribution < 1.29 is 9.47 Å². The number of hydrogen-bond acceptors (Lipinski definition) is 4. The molecule has 2 rings (SSSR count). The summed E-state index contributed by atoms with van der Waals surface area (Å²) >= 11 is 0. The normalized spacial score (nSPS) is 31.6. The van der Waals surface area contributed by atoms with Gasteiger partial charge in [-0.1, -0.05) is 6.42 Å². The largest absolute Gasteiger partial charge is 0.385 e. The molecule has 2 fully saturated rings. The van der Waals surface area contributed by atoms with Crippen molar-refractivity contribution >= 4 is 0 Å². The van der Waals surface area contributed by atoms with E-state index >= 15 is 0 Å². The van der Waals surface area contributed by atoms with Crippen LogP contribution in [0, 0.1) is 0 Å². The van der Waals surface area contributed by atoms with Gasteiger partial charge in [-0.15, -0.1) is 0 Å². The van der Waals surface area contributed by atoms with Crippen LogP contribution in [0.2, 0.25) is 0 Å². The van der Waals surface area contributed by atoms with Crippen LogP contribution in [-0.4, -0.2) is 63.5 Å². The molecule has 0 aromatic rings. The molecule has 0 amide bonds. The standard InChI is InChI=1S/C15H30N2O2/c1-17-14-5-3-6-15(17)12-13(11-14)16-7-10-19-9-4-8-18-2/h13-16H,3-12H2,1-2H3. The number of nitrogens with zero attached hydrogens (tertiary/aromatic N) is 1. The molecular formula is C15H30N2O2. The van der Waals surface area contributed by atoms with Crippen molar-refractivity contribution in [2.75, 3.05) is 40.5 Å². The third-order valence-electron chi connectivity index (χ3n) is 4.66. The number of hydrogen-bond donors (Lipinski definition) is 1. The average molecular weight is 270 g/mol. The molecule has 2 atom stereocenters. The van der Waals surface area contributed by atoms with Crippen LogP contribution >= 0.6 is 0 Å². The van der Waals surface area contributed by atoms with Crippen molar-refractivity contribution in [3.05, 3.63) is 0 Å². The van der Waals surface area contributed by atoms with E-state index in [0.29, 0.717) is 6.04 Å². The predicted molar refractivity (Wildman–Crippen MR) is 77.5 cm³/mol. The highest BCUT2D eigenvalue weighted by molar-refractivity contribution is 4.93. The Hall–Kier alpha value is -0.160. The molecule has 0 radical (unpaired) electrons. The van der Waals surface area contributed by atoms with Gasteiger partial charge in [-0.05, 0) is 39.2 Å². The van der Waals surface area contributed by atoms with Gasteiger partial charge in [-0.2, -0.15) is 0 Å². The van der Waals surface area contributed by atoms with Crippen LogP contribution in [0.3, 0.4) is 0 Å². The molecule has 4 heteroatoms. The fourth-order valence-electron chi connectivity index (χ4n) is 3.53. The van der Waals surface area contributed by atoms with Crippen LogP contribution < -0.4 is 5.32 Å². The fourth-order valence-corrected chi connectivity index (χ4v) is 3.53. The van der Waals surface area contributed by atoms with E-state index in [2.05, 4.69) is 17.3 Å². The Morgan fingerprint density at radius 3 is 2.53 bits per heavy atom. The van der Waals surface area contributed by atoms with E-state index in [1.54, 1.807) is 7.11 Å². The van der Waals surface area contributed by atoms with Crippen molar-refractivity contribution in [3.8, 4) is 0 Å². The SMILES string of the molecule is COCCCOCCNC1CC2CCCC(C1)N2C. The van der Waals surface area contributed by atoms with Gasteiger partial charge in [0.05, 0.1) is 6.61 Å². The van der Waals surface area contributed by atoms with Gasteiger partial charge in [0.25, 0.3) is 0 Å². The second kappa shape index (κ2) is 8.20. The minimum absolute atomic E-state index is 0.703. The summed E-state index contributed by atoms with van der Waals surface area (Å²) in [6.45, 7) is 3.42. The lowest BCUT2D eigenvalue weighted by atomic mass is 9.82. The molecule has 19 heavy (non-hydrogen) atoms. The smallest absolute Gasteiger partial charge is 0.0591 e. The van der Waals surface area contributed by atoms with E-state index < -0.39 is 0 Å². The van der Waals surface area contributed by atoms with Crippen molar-refractivity contribution in [3.63, 3.8) is 0 Å². The first-order chi connectivity index (χ1) is 9.31. The highest BCUT2D eigenvalue weighted by Gasteiger charge is 2.35. The van der Waals surface area contributed by atoms with Gasteiger partial charge in [0.1, 0.15) is 0 Å². The first kappa shape index (κ1) is 15.2. The Morgan fingerprint density at radius 1 is 1.11 bits per heavy atom. The maximum absolute atomic E-state index is 5.59. The molecular weight excluding hydrogens is 240 g/mol. The Morgan fingerprint density at radius 2 is 1.84 bits per heavy atom. The van der Waals surface area contributed by atoms with Gasteiger partial charge in [-0.3, -0.25) is 0 Å². The summed E-state index contributed by atoms with van der Waals surface area (Å²) in [6, 6.07) is 2.33. The van der Waals surface area contributed by atoms with E-state index in [4.69, 9.17) is 9.47 Å². The van der Waals surface area contributed by atoms with E-state index in [-0.39, 0.29) is 0 Å². The summed E-state index contributed by atoms with van der Waals surface area (Å²) in [6.07, 6.45) is 7.83. The Bertz CT molecular complexity index is 236. The lowest BCUT2D eigenvalue weighted by Crippen LogP contribution is -2.54. The third-order valence-corrected chi connectivity index (χ3v) is 4.66. The van der Waals surface area contributed by atoms with Gasteiger partial charge in [-0.25, -0.2) is 0 Å². The maximum atomic E-state index is 5.59. The summed E-state index contributed by atoms with van der Waals surface area (Å²) in [5, 5.41) is 3.68. The van der Waals surface area contributed by atoms with Crippen LogP contribution in [0.4, 0.5) is 0 Å². The van der Waals surface area contributed by atoms with E-state index in [0.717, 1.165) is 44.9 Å². The molecule has 2 aliphatic heterocycles. The summed E-state index contributed by atoms with van der Waals surface area (Å²) in [5.41, 5.74) is 0. The lowest BCUT2D eigenvalue weighted by molar-refractivity contribution is 0.0448. The summed E-state index contributed by atoms with van der Waals surface area (Å²) in [4.78, 5) is 2.61. The molecule has 2 unspecified atom stereocenters. The zero-order valence-electron chi connectivity index (χ0n) is 12.6. The molecule has 1 N–H and O–H groups in total. The molecule has 0 aromatic heterocycles. The molecule has 0 spiro atoms. The van der Waals surface area contributed by atoms with Crippen molar-refractivity contribution in [1.29, 1.82) is 0 Å². The summed E-state index contributed by atoms with van der Waals surface area (Å²) in [7, 11) is 4.04. The molecule has 4 nitrogen and oxygen atoms in total. The van der Waals surface area contributed by atoms with Gasteiger partial charge in [0.2, 0.25) is 0 Å². The van der Waals surface area contributed by atoms with E-state index in [1.165, 1.54) is 32.1 Å². The van der Waals surface area contributed by atoms with Crippen LogP contribution in [0.5, 0.6) is 0 Å². The average Bonchev–Trinajstić information content (AvgIpc) is 2.38. The minimum atomic E-state index is 0.703. The lowest BCUT2D eigenvalue weighted by Gasteiger charge is -2.47. The van der Waals surface area contributed by atoms with Gasteiger partial charge >= 0.3 is 0 Å². The topological polar surface area (TPSA) is 33.7 Å². The minimum Gasteiger partial charge on any atom is -0.385 e. The number of fused-ring (bicyclic) bond motifs is 2. The fraction of sp³-hybridized carbons (Fsp3) is 1.00. The number of piperidine rings is 2. The molecule has 2 aliphatic rings. The number of ether oxygens (including phenoxy) is 2. The van der Waals surface area contributed by atoms with Gasteiger partial charge in [0.15, 0.2) is 0 Å². The van der Waals surface area contributed by atoms with E-state index in [1.807, 2.05) is 0 Å². The molecule has 112 valence electrons. The number of nitrogens with one attached hydrogen (secondary N) is 1. The molecule has 2 saturated heterocycles. The number of methoxy groups -OCH3 is 1. The molecule has 0 saturated carbocycles. The van der Waals surface area contributed by atoms with Gasteiger partial charge in [0, 0.05) is 45.0 Å². The van der Waals surface area contributed by atoms with Crippen LogP contribution in [0.1, 0.15) is 38.5 Å². The first-order valence-corrected chi connectivity index (χ1v) is 7.83. The van der Waals surface area contributed by atoms with Crippen LogP contribution in [0.15, 0.2) is 0 Å². The highest BCUT2D eigenvalue weighted by atomic mass is 16.5. The number of rotatable bonds is 8. The monoisotopic (exact) mass is 270 g/mol. The van der Waals surface area contributed by atoms with Crippen molar-refractivity contribution in [2.45, 2.75) is 56.7 Å². The first-order valence-electron chi connectivity index (χ1n) is 7.83. The summed E-state index contributed by atoms with van der Waals surface area (Å²) < 4.78 is 10.6. The zero-order chi connectivity index (χ0) is 13.5. The zero-order valence-corrected chi connectivity index (χ0v) is 12.6. The Labute approximate surface area is 117 Å². The molecule has 0 aromatic carbocycles. The van der Waals surface area contributed by atoms with Crippen LogP contribution in [-0.2, 0) is 9.47 Å².